The van der Waals surface area contributed by atoms with Crippen molar-refractivity contribution in [3.63, 3.8) is 0 Å². The summed E-state index contributed by atoms with van der Waals surface area (Å²) in [5.74, 6) is -0.177. The molecule has 0 radical (unpaired) electrons. The van der Waals surface area contributed by atoms with Crippen molar-refractivity contribution in [3.05, 3.63) is 22.8 Å². The average Bonchev–Trinajstić information content (AvgIpc) is 2.27. The molecule has 5 heteroatoms. The molecule has 0 fully saturated rings. The molecule has 0 N–H and O–H groups in total. The van der Waals surface area contributed by atoms with Gasteiger partial charge in [-0.25, -0.2) is 9.78 Å². The maximum atomic E-state index is 11.2. The minimum Gasteiger partial charge on any atom is -0.478 e. The van der Waals surface area contributed by atoms with Gasteiger partial charge in [0.1, 0.15) is 0 Å². The van der Waals surface area contributed by atoms with Crippen LogP contribution in [-0.4, -0.2) is 24.7 Å². The second-order valence-corrected chi connectivity index (χ2v) is 3.64. The van der Waals surface area contributed by atoms with Crippen LogP contribution in [0.25, 0.3) is 0 Å². The lowest BCUT2D eigenvalue weighted by atomic mass is 10.3. The van der Waals surface area contributed by atoms with Crippen LogP contribution in [0.3, 0.4) is 0 Å². The van der Waals surface area contributed by atoms with Crippen molar-refractivity contribution in [1.29, 1.82) is 0 Å². The van der Waals surface area contributed by atoms with Gasteiger partial charge in [0.05, 0.1) is 13.7 Å². The van der Waals surface area contributed by atoms with Gasteiger partial charge >= 0.3 is 5.97 Å². The zero-order valence-corrected chi connectivity index (χ0v) is 10.1. The highest BCUT2D eigenvalue weighted by atomic mass is 35.5. The molecular weight excluding hydrogens is 230 g/mol. The lowest BCUT2D eigenvalue weighted by molar-refractivity contribution is 0.0592. The summed E-state index contributed by atoms with van der Waals surface area (Å²) in [4.78, 5) is 15.2. The van der Waals surface area contributed by atoms with Crippen LogP contribution in [-0.2, 0) is 4.74 Å². The van der Waals surface area contributed by atoms with E-state index in [9.17, 15) is 4.79 Å². The summed E-state index contributed by atoms with van der Waals surface area (Å²) in [6.07, 6.45) is 1.96. The molecular formula is C11H14ClNO3. The number of ether oxygens (including phenoxy) is 2. The van der Waals surface area contributed by atoms with Gasteiger partial charge in [-0.05, 0) is 12.5 Å². The Bertz CT molecular complexity index is 368. The SMILES string of the molecule is CCCCOc1cc(Cl)cc(C(=O)OC)n1. The van der Waals surface area contributed by atoms with Crippen molar-refractivity contribution >= 4 is 17.6 Å². The lowest BCUT2D eigenvalue weighted by Gasteiger charge is -2.06. The second kappa shape index (κ2) is 6.33. The third kappa shape index (κ3) is 3.70. The predicted octanol–water partition coefficient (Wildman–Crippen LogP) is 2.70. The van der Waals surface area contributed by atoms with Gasteiger partial charge in [0.25, 0.3) is 0 Å². The molecule has 0 saturated heterocycles. The molecule has 1 aromatic heterocycles. The number of methoxy groups -OCH3 is 1. The highest BCUT2D eigenvalue weighted by Gasteiger charge is 2.10. The van der Waals surface area contributed by atoms with E-state index < -0.39 is 5.97 Å². The van der Waals surface area contributed by atoms with E-state index in [-0.39, 0.29) is 5.69 Å². The summed E-state index contributed by atoms with van der Waals surface area (Å²) in [5, 5.41) is 0.405. The Balaban J connectivity index is 2.77. The Morgan fingerprint density at radius 2 is 2.25 bits per heavy atom. The van der Waals surface area contributed by atoms with Crippen molar-refractivity contribution in [2.24, 2.45) is 0 Å². The molecule has 0 atom stereocenters. The molecule has 4 nitrogen and oxygen atoms in total. The standard InChI is InChI=1S/C11H14ClNO3/c1-3-4-5-16-10-7-8(12)6-9(13-10)11(14)15-2/h6-7H,3-5H2,1-2H3. The Hall–Kier alpha value is -1.29. The van der Waals surface area contributed by atoms with Gasteiger partial charge in [-0.1, -0.05) is 24.9 Å². The Kier molecular flexibility index (Phi) is 5.05. The van der Waals surface area contributed by atoms with E-state index in [1.54, 1.807) is 6.07 Å². The molecule has 0 amide bonds. The number of hydrogen-bond donors (Lipinski definition) is 0. The van der Waals surface area contributed by atoms with Gasteiger partial charge in [-0.3, -0.25) is 0 Å². The number of rotatable bonds is 5. The number of hydrogen-bond acceptors (Lipinski definition) is 4. The van der Waals surface area contributed by atoms with E-state index in [1.165, 1.54) is 13.2 Å². The van der Waals surface area contributed by atoms with Crippen LogP contribution in [0.1, 0.15) is 30.3 Å². The van der Waals surface area contributed by atoms with Gasteiger partial charge in [-0.15, -0.1) is 0 Å². The second-order valence-electron chi connectivity index (χ2n) is 3.20. The number of halogens is 1. The van der Waals surface area contributed by atoms with Crippen LogP contribution in [0.5, 0.6) is 5.88 Å². The van der Waals surface area contributed by atoms with Crippen molar-refractivity contribution in [2.45, 2.75) is 19.8 Å². The molecule has 0 unspecified atom stereocenters. The Morgan fingerprint density at radius 1 is 1.50 bits per heavy atom. The van der Waals surface area contributed by atoms with E-state index in [0.717, 1.165) is 12.8 Å². The fourth-order valence-corrected chi connectivity index (χ4v) is 1.27. The minimum absolute atomic E-state index is 0.154. The number of aromatic nitrogens is 1. The van der Waals surface area contributed by atoms with Crippen LogP contribution in [0.4, 0.5) is 0 Å². The van der Waals surface area contributed by atoms with Crippen molar-refractivity contribution < 1.29 is 14.3 Å². The maximum absolute atomic E-state index is 11.2. The molecule has 0 saturated carbocycles. The number of pyridine rings is 1. The number of carbonyl (C=O) groups excluding carboxylic acids is 1. The molecule has 1 rings (SSSR count). The van der Waals surface area contributed by atoms with E-state index in [2.05, 4.69) is 16.6 Å². The monoisotopic (exact) mass is 243 g/mol. The normalized spacial score (nSPS) is 9.94. The summed E-state index contributed by atoms with van der Waals surface area (Å²) in [6.45, 7) is 2.62. The molecule has 0 aliphatic rings. The molecule has 0 spiro atoms. The number of unbranched alkanes of at least 4 members (excludes halogenated alkanes) is 1. The molecule has 0 bridgehead atoms. The molecule has 16 heavy (non-hydrogen) atoms. The first kappa shape index (κ1) is 12.8. The van der Waals surface area contributed by atoms with Crippen LogP contribution in [0.15, 0.2) is 12.1 Å². The predicted molar refractivity (Wildman–Crippen MR) is 61.0 cm³/mol. The summed E-state index contributed by atoms with van der Waals surface area (Å²) in [5.41, 5.74) is 0.154. The molecule has 1 heterocycles. The van der Waals surface area contributed by atoms with E-state index in [0.29, 0.717) is 17.5 Å². The fourth-order valence-electron chi connectivity index (χ4n) is 1.08. The Morgan fingerprint density at radius 3 is 2.88 bits per heavy atom. The molecule has 0 aromatic carbocycles. The van der Waals surface area contributed by atoms with Gasteiger partial charge in [0.15, 0.2) is 5.69 Å². The number of esters is 1. The first-order valence-electron chi connectivity index (χ1n) is 5.06. The van der Waals surface area contributed by atoms with Gasteiger partial charge in [-0.2, -0.15) is 0 Å². The third-order valence-electron chi connectivity index (χ3n) is 1.91. The molecule has 88 valence electrons. The van der Waals surface area contributed by atoms with Gasteiger partial charge < -0.3 is 9.47 Å². The quantitative estimate of drug-likeness (QED) is 0.589. The van der Waals surface area contributed by atoms with E-state index in [4.69, 9.17) is 16.3 Å². The molecule has 1 aromatic rings. The van der Waals surface area contributed by atoms with Crippen LogP contribution < -0.4 is 4.74 Å². The fraction of sp³-hybridized carbons (Fsp3) is 0.455. The first-order valence-corrected chi connectivity index (χ1v) is 5.44. The molecule has 0 aliphatic carbocycles. The van der Waals surface area contributed by atoms with Crippen LogP contribution in [0, 0.1) is 0 Å². The maximum Gasteiger partial charge on any atom is 0.356 e. The van der Waals surface area contributed by atoms with Crippen molar-refractivity contribution in [3.8, 4) is 5.88 Å². The van der Waals surface area contributed by atoms with E-state index in [1.807, 2.05) is 0 Å². The lowest BCUT2D eigenvalue weighted by Crippen LogP contribution is -2.06. The summed E-state index contributed by atoms with van der Waals surface area (Å²) in [6, 6.07) is 3.02. The van der Waals surface area contributed by atoms with Crippen molar-refractivity contribution in [2.75, 3.05) is 13.7 Å². The average molecular weight is 244 g/mol. The first-order chi connectivity index (χ1) is 7.67. The smallest absolute Gasteiger partial charge is 0.356 e. The minimum atomic E-state index is -0.525. The highest BCUT2D eigenvalue weighted by Crippen LogP contribution is 2.18. The van der Waals surface area contributed by atoms with Crippen LogP contribution >= 0.6 is 11.6 Å². The largest absolute Gasteiger partial charge is 0.478 e. The Labute approximate surface area is 99.5 Å². The van der Waals surface area contributed by atoms with Crippen molar-refractivity contribution in [1.82, 2.24) is 4.98 Å². The zero-order valence-electron chi connectivity index (χ0n) is 9.33. The highest BCUT2D eigenvalue weighted by molar-refractivity contribution is 6.31. The number of nitrogens with zero attached hydrogens (tertiary/aromatic N) is 1. The zero-order chi connectivity index (χ0) is 12.0. The van der Waals surface area contributed by atoms with Gasteiger partial charge in [0.2, 0.25) is 5.88 Å². The van der Waals surface area contributed by atoms with Gasteiger partial charge in [0, 0.05) is 11.1 Å². The van der Waals surface area contributed by atoms with Crippen LogP contribution in [0.2, 0.25) is 5.02 Å². The third-order valence-corrected chi connectivity index (χ3v) is 2.13. The molecule has 0 aliphatic heterocycles. The number of carbonyl (C=O) groups is 1. The summed E-state index contributed by atoms with van der Waals surface area (Å²) in [7, 11) is 1.29. The summed E-state index contributed by atoms with van der Waals surface area (Å²) < 4.78 is 9.92. The topological polar surface area (TPSA) is 48.4 Å². The summed E-state index contributed by atoms with van der Waals surface area (Å²) >= 11 is 5.84. The van der Waals surface area contributed by atoms with E-state index >= 15 is 0 Å².